The van der Waals surface area contributed by atoms with Crippen molar-refractivity contribution in [3.63, 3.8) is 0 Å². The number of aromatic nitrogens is 2. The SMILES string of the molecule is Cc1c(C)c(N)c2c(cnn2O)c1O. The molecule has 0 spiro atoms. The van der Waals surface area contributed by atoms with E-state index in [0.29, 0.717) is 27.0 Å². The van der Waals surface area contributed by atoms with Crippen LogP contribution in [-0.4, -0.2) is 20.3 Å². The van der Waals surface area contributed by atoms with Gasteiger partial charge in [0.25, 0.3) is 0 Å². The molecule has 0 radical (unpaired) electrons. The zero-order valence-corrected chi connectivity index (χ0v) is 7.94. The highest BCUT2D eigenvalue weighted by Gasteiger charge is 2.15. The lowest BCUT2D eigenvalue weighted by Crippen LogP contribution is -1.99. The number of aromatic hydroxyl groups is 1. The van der Waals surface area contributed by atoms with Crippen LogP contribution in [0, 0.1) is 13.8 Å². The van der Waals surface area contributed by atoms with Crippen LogP contribution in [0.4, 0.5) is 5.69 Å². The number of phenolic OH excluding ortho intramolecular Hbond substituents is 1. The molecule has 0 saturated carbocycles. The zero-order valence-electron chi connectivity index (χ0n) is 7.94. The number of nitrogens with zero attached hydrogens (tertiary/aromatic N) is 2. The minimum absolute atomic E-state index is 0.118. The highest BCUT2D eigenvalue weighted by Crippen LogP contribution is 2.35. The van der Waals surface area contributed by atoms with E-state index in [1.165, 1.54) is 6.20 Å². The first kappa shape index (κ1) is 8.68. The van der Waals surface area contributed by atoms with Crippen LogP contribution in [0.25, 0.3) is 10.9 Å². The summed E-state index contributed by atoms with van der Waals surface area (Å²) < 4.78 is 0. The number of fused-ring (bicyclic) bond motifs is 1. The minimum atomic E-state index is 0.118. The van der Waals surface area contributed by atoms with Crippen molar-refractivity contribution in [2.75, 3.05) is 5.73 Å². The van der Waals surface area contributed by atoms with E-state index in [9.17, 15) is 10.3 Å². The molecule has 1 heterocycles. The molecule has 1 aromatic heterocycles. The molecular formula is C9H11N3O2. The van der Waals surface area contributed by atoms with Crippen molar-refractivity contribution in [1.29, 1.82) is 0 Å². The Hall–Kier alpha value is -1.91. The monoisotopic (exact) mass is 193 g/mol. The summed E-state index contributed by atoms with van der Waals surface area (Å²) in [6.07, 6.45) is 1.38. The Morgan fingerprint density at radius 3 is 2.64 bits per heavy atom. The summed E-state index contributed by atoms with van der Waals surface area (Å²) in [5, 5.41) is 23.2. The summed E-state index contributed by atoms with van der Waals surface area (Å²) in [6, 6.07) is 0. The van der Waals surface area contributed by atoms with Crippen molar-refractivity contribution < 1.29 is 10.3 Å². The third kappa shape index (κ3) is 0.863. The molecule has 0 amide bonds. The maximum Gasteiger partial charge on any atom is 0.137 e. The molecule has 2 aromatic rings. The van der Waals surface area contributed by atoms with Gasteiger partial charge in [0.15, 0.2) is 0 Å². The summed E-state index contributed by atoms with van der Waals surface area (Å²) in [6.45, 7) is 3.56. The smallest absolute Gasteiger partial charge is 0.137 e. The van der Waals surface area contributed by atoms with Crippen LogP contribution >= 0.6 is 0 Å². The molecule has 14 heavy (non-hydrogen) atoms. The molecule has 2 rings (SSSR count). The van der Waals surface area contributed by atoms with E-state index in [0.717, 1.165) is 5.56 Å². The van der Waals surface area contributed by atoms with Crippen molar-refractivity contribution in [3.8, 4) is 5.75 Å². The molecular weight excluding hydrogens is 182 g/mol. The lowest BCUT2D eigenvalue weighted by molar-refractivity contribution is 0.161. The van der Waals surface area contributed by atoms with Gasteiger partial charge in [0.1, 0.15) is 11.3 Å². The first-order valence-corrected chi connectivity index (χ1v) is 4.18. The van der Waals surface area contributed by atoms with Crippen molar-refractivity contribution in [3.05, 3.63) is 17.3 Å². The van der Waals surface area contributed by atoms with E-state index >= 15 is 0 Å². The second-order valence-corrected chi connectivity index (χ2v) is 3.31. The number of phenols is 1. The normalized spacial score (nSPS) is 11.0. The standard InChI is InChI=1S/C9H11N3O2/c1-4-5(2)9(13)6-3-11-12(14)8(6)7(4)10/h3,13-14H,10H2,1-2H3. The molecule has 0 saturated heterocycles. The quantitative estimate of drug-likeness (QED) is 0.333. The van der Waals surface area contributed by atoms with Gasteiger partial charge in [0.05, 0.1) is 17.3 Å². The summed E-state index contributed by atoms with van der Waals surface area (Å²) in [4.78, 5) is 0.677. The Morgan fingerprint density at radius 2 is 2.00 bits per heavy atom. The fraction of sp³-hybridized carbons (Fsp3) is 0.222. The number of nitrogen functional groups attached to an aromatic ring is 1. The van der Waals surface area contributed by atoms with Crippen LogP contribution in [0.2, 0.25) is 0 Å². The molecule has 4 N–H and O–H groups in total. The third-order valence-electron chi connectivity index (χ3n) is 2.58. The molecule has 0 unspecified atom stereocenters. The number of rotatable bonds is 0. The molecule has 0 aliphatic carbocycles. The second-order valence-electron chi connectivity index (χ2n) is 3.31. The molecule has 5 heteroatoms. The maximum atomic E-state index is 9.76. The molecule has 74 valence electrons. The van der Waals surface area contributed by atoms with Gasteiger partial charge in [-0.25, -0.2) is 0 Å². The fourth-order valence-electron chi connectivity index (χ4n) is 1.52. The van der Waals surface area contributed by atoms with Crippen LogP contribution < -0.4 is 5.73 Å². The number of hydrogen-bond acceptors (Lipinski definition) is 4. The molecule has 0 atom stereocenters. The Kier molecular flexibility index (Phi) is 1.57. The van der Waals surface area contributed by atoms with Crippen molar-refractivity contribution in [2.45, 2.75) is 13.8 Å². The predicted molar refractivity (Wildman–Crippen MR) is 52.5 cm³/mol. The minimum Gasteiger partial charge on any atom is -0.507 e. The lowest BCUT2D eigenvalue weighted by atomic mass is 10.0. The summed E-state index contributed by atoms with van der Waals surface area (Å²) in [5.41, 5.74) is 8.06. The van der Waals surface area contributed by atoms with Crippen LogP contribution in [0.15, 0.2) is 6.20 Å². The van der Waals surface area contributed by atoms with Crippen LogP contribution in [-0.2, 0) is 0 Å². The molecule has 0 aliphatic heterocycles. The van der Waals surface area contributed by atoms with Gasteiger partial charge in [0, 0.05) is 0 Å². The van der Waals surface area contributed by atoms with E-state index in [2.05, 4.69) is 5.10 Å². The average Bonchev–Trinajstić information content (AvgIpc) is 2.54. The molecule has 0 fully saturated rings. The van der Waals surface area contributed by atoms with E-state index < -0.39 is 0 Å². The van der Waals surface area contributed by atoms with E-state index in [-0.39, 0.29) is 5.75 Å². The van der Waals surface area contributed by atoms with Gasteiger partial charge in [-0.15, -0.1) is 5.10 Å². The largest absolute Gasteiger partial charge is 0.507 e. The topological polar surface area (TPSA) is 84.3 Å². The van der Waals surface area contributed by atoms with Gasteiger partial charge in [-0.2, -0.15) is 0 Å². The molecule has 1 aromatic carbocycles. The first-order chi connectivity index (χ1) is 6.54. The Labute approximate surface area is 80.3 Å². The molecule has 0 bridgehead atoms. The van der Waals surface area contributed by atoms with Gasteiger partial charge in [-0.1, -0.05) is 4.85 Å². The van der Waals surface area contributed by atoms with Gasteiger partial charge >= 0.3 is 0 Å². The van der Waals surface area contributed by atoms with Gasteiger partial charge in [-0.05, 0) is 25.0 Å². The third-order valence-corrected chi connectivity index (χ3v) is 2.58. The second kappa shape index (κ2) is 2.54. The van der Waals surface area contributed by atoms with E-state index in [4.69, 9.17) is 5.73 Å². The molecule has 5 nitrogen and oxygen atoms in total. The fourth-order valence-corrected chi connectivity index (χ4v) is 1.52. The lowest BCUT2D eigenvalue weighted by Gasteiger charge is -2.08. The highest BCUT2D eigenvalue weighted by molar-refractivity contribution is 5.96. The number of nitrogens with two attached hydrogens (primary N) is 1. The van der Waals surface area contributed by atoms with Crippen LogP contribution in [0.5, 0.6) is 5.75 Å². The summed E-state index contributed by atoms with van der Waals surface area (Å²) >= 11 is 0. The van der Waals surface area contributed by atoms with Gasteiger partial charge < -0.3 is 16.0 Å². The zero-order chi connectivity index (χ0) is 10.5. The summed E-state index contributed by atoms with van der Waals surface area (Å²) in [5.74, 6) is 0.118. The molecule has 0 aliphatic rings. The first-order valence-electron chi connectivity index (χ1n) is 4.18. The number of anilines is 1. The van der Waals surface area contributed by atoms with Crippen molar-refractivity contribution in [2.24, 2.45) is 0 Å². The van der Waals surface area contributed by atoms with Crippen molar-refractivity contribution >= 4 is 16.6 Å². The average molecular weight is 193 g/mol. The van der Waals surface area contributed by atoms with E-state index in [1.54, 1.807) is 13.8 Å². The number of hydrogen-bond donors (Lipinski definition) is 3. The number of benzene rings is 1. The van der Waals surface area contributed by atoms with Crippen LogP contribution in [0.3, 0.4) is 0 Å². The van der Waals surface area contributed by atoms with Gasteiger partial charge in [-0.3, -0.25) is 0 Å². The maximum absolute atomic E-state index is 9.76. The highest BCUT2D eigenvalue weighted by atomic mass is 16.5. The summed E-state index contributed by atoms with van der Waals surface area (Å²) in [7, 11) is 0. The Bertz CT molecular complexity index is 516. The Morgan fingerprint density at radius 1 is 1.36 bits per heavy atom. The van der Waals surface area contributed by atoms with Gasteiger partial charge in [0.2, 0.25) is 0 Å². The Balaban J connectivity index is 3.05. The predicted octanol–water partition coefficient (Wildman–Crippen LogP) is 1.18. The van der Waals surface area contributed by atoms with Crippen molar-refractivity contribution in [1.82, 2.24) is 9.94 Å². The van der Waals surface area contributed by atoms with Crippen LogP contribution in [0.1, 0.15) is 11.1 Å². The van der Waals surface area contributed by atoms with E-state index in [1.807, 2.05) is 0 Å².